The molecule has 5 aromatic rings. The lowest BCUT2D eigenvalue weighted by atomic mass is 10.1. The Bertz CT molecular complexity index is 1850. The number of hydrogen-bond donors (Lipinski definition) is 1. The van der Waals surface area contributed by atoms with Crippen molar-refractivity contribution < 1.29 is 32.3 Å². The SMILES string of the molecule is C=C(OCc1ccc(F)c(F)c1)c1cc(-c2ccc3c(=O)n(-c4ccc(F)cc4)c(CCCCC(=O)O)nc3c2)no1. The molecule has 0 unspecified atom stereocenters. The first-order chi connectivity index (χ1) is 20.2. The van der Waals surface area contributed by atoms with Gasteiger partial charge in [0.1, 0.15) is 23.9 Å². The van der Waals surface area contributed by atoms with Crippen molar-refractivity contribution in [3.8, 4) is 16.9 Å². The van der Waals surface area contributed by atoms with E-state index in [9.17, 15) is 22.8 Å². The van der Waals surface area contributed by atoms with Crippen LogP contribution in [0.25, 0.3) is 33.6 Å². The number of carboxylic acids is 1. The molecule has 0 fully saturated rings. The van der Waals surface area contributed by atoms with Crippen LogP contribution in [0, 0.1) is 17.5 Å². The number of aryl methyl sites for hydroxylation is 1. The van der Waals surface area contributed by atoms with Crippen molar-refractivity contribution >= 4 is 22.6 Å². The maximum atomic E-state index is 13.6. The second-order valence-electron chi connectivity index (χ2n) is 9.51. The van der Waals surface area contributed by atoms with Crippen LogP contribution in [-0.2, 0) is 22.6 Å². The highest BCUT2D eigenvalue weighted by Crippen LogP contribution is 2.26. The molecule has 0 aliphatic rings. The molecule has 42 heavy (non-hydrogen) atoms. The Morgan fingerprint density at radius 2 is 1.76 bits per heavy atom. The molecule has 0 saturated heterocycles. The zero-order valence-corrected chi connectivity index (χ0v) is 22.1. The highest BCUT2D eigenvalue weighted by molar-refractivity contribution is 5.83. The molecule has 0 aliphatic carbocycles. The van der Waals surface area contributed by atoms with E-state index in [-0.39, 0.29) is 30.1 Å². The van der Waals surface area contributed by atoms with Gasteiger partial charge in [0.2, 0.25) is 5.76 Å². The number of ether oxygens (including phenoxy) is 1. The van der Waals surface area contributed by atoms with Crippen molar-refractivity contribution in [1.82, 2.24) is 14.7 Å². The van der Waals surface area contributed by atoms with Crippen LogP contribution in [0.15, 0.2) is 82.6 Å². The van der Waals surface area contributed by atoms with Gasteiger partial charge < -0.3 is 14.4 Å². The fraction of sp³-hybridized carbons (Fsp3) is 0.161. The van der Waals surface area contributed by atoms with Crippen LogP contribution >= 0.6 is 0 Å². The third kappa shape index (κ3) is 6.25. The molecule has 2 aromatic heterocycles. The molecule has 8 nitrogen and oxygen atoms in total. The minimum atomic E-state index is -0.985. The van der Waals surface area contributed by atoms with Gasteiger partial charge in [-0.05, 0) is 66.9 Å². The number of aliphatic carboxylic acids is 1. The number of hydrogen-bond acceptors (Lipinski definition) is 6. The maximum Gasteiger partial charge on any atom is 0.303 e. The van der Waals surface area contributed by atoms with Crippen LogP contribution in [0.4, 0.5) is 13.2 Å². The Balaban J connectivity index is 1.42. The molecule has 0 bridgehead atoms. The van der Waals surface area contributed by atoms with E-state index < -0.39 is 23.4 Å². The van der Waals surface area contributed by atoms with Gasteiger partial charge in [0.25, 0.3) is 5.56 Å². The third-order valence-electron chi connectivity index (χ3n) is 6.54. The summed E-state index contributed by atoms with van der Waals surface area (Å²) in [6.07, 6.45) is 1.19. The van der Waals surface area contributed by atoms with Crippen molar-refractivity contribution in [2.75, 3.05) is 0 Å². The number of unbranched alkanes of at least 4 members (excludes halogenated alkanes) is 1. The van der Waals surface area contributed by atoms with E-state index in [1.807, 2.05) is 0 Å². The number of carboxylic acid groups (broad SMARTS) is 1. The highest BCUT2D eigenvalue weighted by atomic mass is 19.2. The predicted molar refractivity (Wildman–Crippen MR) is 148 cm³/mol. The van der Waals surface area contributed by atoms with E-state index in [1.165, 1.54) is 34.9 Å². The molecule has 11 heteroatoms. The largest absolute Gasteiger partial charge is 0.486 e. The van der Waals surface area contributed by atoms with Gasteiger partial charge in [-0.2, -0.15) is 0 Å². The third-order valence-corrected chi connectivity index (χ3v) is 6.54. The summed E-state index contributed by atoms with van der Waals surface area (Å²) in [5, 5.41) is 13.4. The van der Waals surface area contributed by atoms with Gasteiger partial charge in [0, 0.05) is 24.5 Å². The molecular formula is C31H24F3N3O5. The van der Waals surface area contributed by atoms with E-state index in [4.69, 9.17) is 19.4 Å². The normalized spacial score (nSPS) is 11.1. The van der Waals surface area contributed by atoms with Crippen LogP contribution in [0.2, 0.25) is 0 Å². The Hall–Kier alpha value is -5.19. The van der Waals surface area contributed by atoms with Gasteiger partial charge in [0.05, 0.1) is 16.6 Å². The molecule has 0 amide bonds. The first-order valence-corrected chi connectivity index (χ1v) is 13.0. The summed E-state index contributed by atoms with van der Waals surface area (Å²) < 4.78 is 52.5. The van der Waals surface area contributed by atoms with Crippen molar-refractivity contribution in [2.24, 2.45) is 0 Å². The molecule has 0 spiro atoms. The monoisotopic (exact) mass is 575 g/mol. The zero-order chi connectivity index (χ0) is 29.8. The first-order valence-electron chi connectivity index (χ1n) is 13.0. The van der Waals surface area contributed by atoms with Crippen molar-refractivity contribution in [2.45, 2.75) is 32.3 Å². The summed E-state index contributed by atoms with van der Waals surface area (Å²) in [5.41, 5.74) is 1.89. The molecule has 0 radical (unpaired) electrons. The van der Waals surface area contributed by atoms with Crippen molar-refractivity contribution in [1.29, 1.82) is 0 Å². The Labute approximate surface area is 237 Å². The number of fused-ring (bicyclic) bond motifs is 1. The summed E-state index contributed by atoms with van der Waals surface area (Å²) in [7, 11) is 0. The van der Waals surface area contributed by atoms with Crippen LogP contribution in [0.1, 0.15) is 36.4 Å². The second kappa shape index (κ2) is 12.1. The molecule has 3 aromatic carbocycles. The standard InChI is InChI=1S/C31H24F3N3O5/c1-18(41-17-19-6-13-24(33)25(34)14-19)28-16-26(36-42-28)20-7-12-23-27(15-20)35-29(4-2-3-5-30(38)39)37(31(23)40)22-10-8-21(32)9-11-22/h6-16H,1-5,17H2,(H,38,39). The van der Waals surface area contributed by atoms with Crippen molar-refractivity contribution in [3.05, 3.63) is 118 Å². The summed E-state index contributed by atoms with van der Waals surface area (Å²) in [6.45, 7) is 3.74. The van der Waals surface area contributed by atoms with Gasteiger partial charge in [-0.3, -0.25) is 14.2 Å². The van der Waals surface area contributed by atoms with E-state index >= 15 is 0 Å². The van der Waals surface area contributed by atoms with E-state index in [2.05, 4.69) is 11.7 Å². The van der Waals surface area contributed by atoms with Gasteiger partial charge >= 0.3 is 5.97 Å². The molecule has 5 rings (SSSR count). The molecule has 0 atom stereocenters. The minimum absolute atomic E-state index is 0.0111. The number of benzene rings is 3. The fourth-order valence-corrected chi connectivity index (χ4v) is 4.39. The van der Waals surface area contributed by atoms with Crippen molar-refractivity contribution in [3.63, 3.8) is 0 Å². The Kier molecular flexibility index (Phi) is 8.19. The zero-order valence-electron chi connectivity index (χ0n) is 22.1. The van der Waals surface area contributed by atoms with Gasteiger partial charge in [-0.25, -0.2) is 18.2 Å². The van der Waals surface area contributed by atoms with Gasteiger partial charge in [0.15, 0.2) is 17.4 Å². The molecule has 214 valence electrons. The molecule has 0 aliphatic heterocycles. The molecule has 2 heterocycles. The number of nitrogens with zero attached hydrogens (tertiary/aromatic N) is 3. The molecular weight excluding hydrogens is 551 g/mol. The number of halogens is 3. The number of rotatable bonds is 11. The lowest BCUT2D eigenvalue weighted by molar-refractivity contribution is -0.137. The average molecular weight is 576 g/mol. The van der Waals surface area contributed by atoms with E-state index in [0.717, 1.165) is 12.1 Å². The summed E-state index contributed by atoms with van der Waals surface area (Å²) >= 11 is 0. The van der Waals surface area contributed by atoms with Gasteiger partial charge in [-0.15, -0.1) is 0 Å². The highest BCUT2D eigenvalue weighted by Gasteiger charge is 2.16. The second-order valence-corrected chi connectivity index (χ2v) is 9.51. The van der Waals surface area contributed by atoms with Crippen LogP contribution in [0.5, 0.6) is 0 Å². The average Bonchev–Trinajstić information content (AvgIpc) is 3.47. The maximum absolute atomic E-state index is 13.6. The smallest absolute Gasteiger partial charge is 0.303 e. The lowest BCUT2D eigenvalue weighted by Crippen LogP contribution is -2.24. The summed E-state index contributed by atoms with van der Waals surface area (Å²) in [4.78, 5) is 29.2. The Morgan fingerprint density at radius 1 is 0.976 bits per heavy atom. The van der Waals surface area contributed by atoms with E-state index in [1.54, 1.807) is 24.3 Å². The van der Waals surface area contributed by atoms with Crippen LogP contribution in [-0.4, -0.2) is 25.8 Å². The van der Waals surface area contributed by atoms with Crippen LogP contribution in [0.3, 0.4) is 0 Å². The van der Waals surface area contributed by atoms with Crippen LogP contribution < -0.4 is 5.56 Å². The summed E-state index contributed by atoms with van der Waals surface area (Å²) in [5.74, 6) is -2.55. The topological polar surface area (TPSA) is 107 Å². The minimum Gasteiger partial charge on any atom is -0.486 e. The summed E-state index contributed by atoms with van der Waals surface area (Å²) in [6, 6.07) is 15.5. The first kappa shape index (κ1) is 28.3. The number of carbonyl (C=O) groups is 1. The number of aromatic nitrogens is 3. The lowest BCUT2D eigenvalue weighted by Gasteiger charge is -2.14. The fourth-order valence-electron chi connectivity index (χ4n) is 4.39. The molecule has 0 saturated carbocycles. The van der Waals surface area contributed by atoms with Gasteiger partial charge in [-0.1, -0.05) is 23.9 Å². The predicted octanol–water partition coefficient (Wildman–Crippen LogP) is 6.44. The Morgan fingerprint density at radius 3 is 2.50 bits per heavy atom. The quantitative estimate of drug-likeness (QED) is 0.143. The van der Waals surface area contributed by atoms with E-state index in [0.29, 0.717) is 58.5 Å². The molecule has 1 N–H and O–H groups in total.